The lowest BCUT2D eigenvalue weighted by molar-refractivity contribution is 0.828. The van der Waals surface area contributed by atoms with Crippen LogP contribution in [0.15, 0.2) is 30.6 Å². The smallest absolute Gasteiger partial charge is 0.254 e. The summed E-state index contributed by atoms with van der Waals surface area (Å²) in [6, 6.07) is 7.44. The molecule has 108 valence electrons. The summed E-state index contributed by atoms with van der Waals surface area (Å²) in [6.45, 7) is 2.54. The Bertz CT molecular complexity index is 797. The van der Waals surface area contributed by atoms with Gasteiger partial charge in [-0.1, -0.05) is 11.6 Å². The van der Waals surface area contributed by atoms with Crippen LogP contribution in [-0.2, 0) is 6.54 Å². The Morgan fingerprint density at radius 1 is 1.33 bits per heavy atom. The molecule has 0 saturated heterocycles. The molecule has 21 heavy (non-hydrogen) atoms. The van der Waals surface area contributed by atoms with Gasteiger partial charge < -0.3 is 10.6 Å². The second kappa shape index (κ2) is 5.21. The van der Waals surface area contributed by atoms with E-state index in [1.54, 1.807) is 10.6 Å². The van der Waals surface area contributed by atoms with E-state index in [9.17, 15) is 0 Å². The van der Waals surface area contributed by atoms with Crippen molar-refractivity contribution in [2.75, 3.05) is 17.7 Å². The first-order valence-corrected chi connectivity index (χ1v) is 6.85. The summed E-state index contributed by atoms with van der Waals surface area (Å²) in [5.41, 5.74) is 8.36. The van der Waals surface area contributed by atoms with Gasteiger partial charge in [0.15, 0.2) is 0 Å². The molecule has 6 nitrogen and oxygen atoms in total. The molecule has 1 aromatic carbocycles. The van der Waals surface area contributed by atoms with Gasteiger partial charge in [-0.05, 0) is 30.7 Å². The van der Waals surface area contributed by atoms with Crippen LogP contribution in [0.5, 0.6) is 0 Å². The number of aryl methyl sites for hydroxylation is 1. The molecular formula is C14H15ClN6. The molecule has 0 aliphatic carbocycles. The molecule has 3 rings (SSSR count). The van der Waals surface area contributed by atoms with E-state index in [4.69, 9.17) is 17.3 Å². The van der Waals surface area contributed by atoms with Crippen molar-refractivity contribution in [3.05, 3.63) is 46.9 Å². The van der Waals surface area contributed by atoms with Crippen molar-refractivity contribution in [1.29, 1.82) is 0 Å². The van der Waals surface area contributed by atoms with Crippen molar-refractivity contribution in [3.8, 4) is 0 Å². The highest BCUT2D eigenvalue weighted by atomic mass is 35.5. The highest BCUT2D eigenvalue weighted by Gasteiger charge is 2.12. The first-order valence-electron chi connectivity index (χ1n) is 6.47. The number of nitrogens with two attached hydrogens (primary N) is 1. The van der Waals surface area contributed by atoms with Crippen LogP contribution in [-0.4, -0.2) is 26.6 Å². The summed E-state index contributed by atoms with van der Waals surface area (Å²) in [6.07, 6.45) is 1.49. The van der Waals surface area contributed by atoms with Crippen LogP contribution >= 0.6 is 11.6 Å². The summed E-state index contributed by atoms with van der Waals surface area (Å²) in [7, 11) is 1.97. The molecule has 0 radical (unpaired) electrons. The molecule has 2 heterocycles. The summed E-state index contributed by atoms with van der Waals surface area (Å²) in [5.74, 6) is 1.48. The van der Waals surface area contributed by atoms with Crippen LogP contribution in [0, 0.1) is 6.92 Å². The maximum atomic E-state index is 6.23. The van der Waals surface area contributed by atoms with Crippen LogP contribution in [0.1, 0.15) is 11.3 Å². The molecule has 3 aromatic rings. The Labute approximate surface area is 127 Å². The fourth-order valence-electron chi connectivity index (χ4n) is 2.24. The molecule has 2 aromatic heterocycles. The average molecular weight is 303 g/mol. The standard InChI is InChI=1S/C14H15ClN6/c1-9-5-13(21-14(19-9)17-8-18-21)20(2)7-10-6-11(16)3-4-12(10)15/h3-6,8H,7,16H2,1-2H3. The molecular weight excluding hydrogens is 288 g/mol. The summed E-state index contributed by atoms with van der Waals surface area (Å²) in [4.78, 5) is 10.5. The number of rotatable bonds is 3. The Morgan fingerprint density at radius 2 is 2.14 bits per heavy atom. The van der Waals surface area contributed by atoms with Gasteiger partial charge in [0, 0.05) is 36.1 Å². The van der Waals surface area contributed by atoms with Crippen LogP contribution < -0.4 is 10.6 Å². The minimum Gasteiger partial charge on any atom is -0.399 e. The lowest BCUT2D eigenvalue weighted by Gasteiger charge is -2.21. The van der Waals surface area contributed by atoms with E-state index in [-0.39, 0.29) is 0 Å². The van der Waals surface area contributed by atoms with Crippen LogP contribution in [0.2, 0.25) is 5.02 Å². The van der Waals surface area contributed by atoms with Crippen LogP contribution in [0.25, 0.3) is 5.78 Å². The normalized spacial score (nSPS) is 11.0. The van der Waals surface area contributed by atoms with E-state index in [1.807, 2.05) is 37.1 Å². The number of benzene rings is 1. The molecule has 0 aliphatic heterocycles. The number of hydrogen-bond donors (Lipinski definition) is 1. The molecule has 0 fully saturated rings. The topological polar surface area (TPSA) is 72.3 Å². The Morgan fingerprint density at radius 3 is 2.95 bits per heavy atom. The van der Waals surface area contributed by atoms with E-state index in [1.165, 1.54) is 6.33 Å². The number of nitrogen functional groups attached to an aromatic ring is 1. The molecule has 0 unspecified atom stereocenters. The minimum absolute atomic E-state index is 0.579. The van der Waals surface area contributed by atoms with Crippen molar-refractivity contribution in [3.63, 3.8) is 0 Å². The number of fused-ring (bicyclic) bond motifs is 1. The predicted octanol–water partition coefficient (Wildman–Crippen LogP) is 2.30. The van der Waals surface area contributed by atoms with E-state index < -0.39 is 0 Å². The van der Waals surface area contributed by atoms with Gasteiger partial charge in [-0.25, -0.2) is 4.98 Å². The highest BCUT2D eigenvalue weighted by Crippen LogP contribution is 2.23. The van der Waals surface area contributed by atoms with Gasteiger partial charge in [0.2, 0.25) is 0 Å². The van der Waals surface area contributed by atoms with Gasteiger partial charge in [-0.2, -0.15) is 14.6 Å². The lowest BCUT2D eigenvalue weighted by atomic mass is 10.2. The van der Waals surface area contributed by atoms with Crippen molar-refractivity contribution in [1.82, 2.24) is 19.6 Å². The third-order valence-electron chi connectivity index (χ3n) is 3.23. The second-order valence-electron chi connectivity index (χ2n) is 4.93. The molecule has 7 heteroatoms. The second-order valence-corrected chi connectivity index (χ2v) is 5.34. The first kappa shape index (κ1) is 13.6. The summed E-state index contributed by atoms with van der Waals surface area (Å²) < 4.78 is 1.70. The Hall–Kier alpha value is -2.34. The van der Waals surface area contributed by atoms with Gasteiger partial charge in [0.05, 0.1) is 0 Å². The van der Waals surface area contributed by atoms with E-state index in [2.05, 4.69) is 15.1 Å². The van der Waals surface area contributed by atoms with Crippen molar-refractivity contribution >= 4 is 28.9 Å². The number of anilines is 2. The van der Waals surface area contributed by atoms with Gasteiger partial charge in [0.1, 0.15) is 12.1 Å². The molecule has 0 spiro atoms. The summed E-state index contributed by atoms with van der Waals surface area (Å²) >= 11 is 6.23. The monoisotopic (exact) mass is 302 g/mol. The lowest BCUT2D eigenvalue weighted by Crippen LogP contribution is -2.20. The number of nitrogens with zero attached hydrogens (tertiary/aromatic N) is 5. The third-order valence-corrected chi connectivity index (χ3v) is 3.60. The molecule has 0 atom stereocenters. The number of hydrogen-bond acceptors (Lipinski definition) is 5. The zero-order valence-corrected chi connectivity index (χ0v) is 12.5. The molecule has 0 amide bonds. The van der Waals surface area contributed by atoms with Crippen molar-refractivity contribution in [2.45, 2.75) is 13.5 Å². The third kappa shape index (κ3) is 2.62. The largest absolute Gasteiger partial charge is 0.399 e. The fraction of sp³-hybridized carbons (Fsp3) is 0.214. The predicted molar refractivity (Wildman–Crippen MR) is 83.5 cm³/mol. The molecule has 0 saturated carbocycles. The highest BCUT2D eigenvalue weighted by molar-refractivity contribution is 6.31. The zero-order valence-electron chi connectivity index (χ0n) is 11.8. The number of halogens is 1. The summed E-state index contributed by atoms with van der Waals surface area (Å²) in [5, 5.41) is 4.90. The van der Waals surface area contributed by atoms with Crippen molar-refractivity contribution < 1.29 is 0 Å². The number of aromatic nitrogens is 4. The SMILES string of the molecule is Cc1cc(N(C)Cc2cc(N)ccc2Cl)n2ncnc2n1. The van der Waals surface area contributed by atoms with E-state index in [0.29, 0.717) is 23.0 Å². The Kier molecular flexibility index (Phi) is 3.39. The zero-order chi connectivity index (χ0) is 15.0. The van der Waals surface area contributed by atoms with Gasteiger partial charge in [0.25, 0.3) is 5.78 Å². The van der Waals surface area contributed by atoms with Crippen LogP contribution in [0.3, 0.4) is 0 Å². The van der Waals surface area contributed by atoms with Gasteiger partial charge in [-0.15, -0.1) is 0 Å². The van der Waals surface area contributed by atoms with E-state index >= 15 is 0 Å². The van der Waals surface area contributed by atoms with E-state index in [0.717, 1.165) is 17.1 Å². The maximum absolute atomic E-state index is 6.23. The van der Waals surface area contributed by atoms with Gasteiger partial charge >= 0.3 is 0 Å². The van der Waals surface area contributed by atoms with Gasteiger partial charge in [-0.3, -0.25) is 0 Å². The maximum Gasteiger partial charge on any atom is 0.254 e. The first-order chi connectivity index (χ1) is 10.0. The molecule has 0 bridgehead atoms. The van der Waals surface area contributed by atoms with Crippen molar-refractivity contribution in [2.24, 2.45) is 0 Å². The molecule has 0 aliphatic rings. The van der Waals surface area contributed by atoms with Crippen LogP contribution in [0.4, 0.5) is 11.5 Å². The average Bonchev–Trinajstić information content (AvgIpc) is 2.89. The quantitative estimate of drug-likeness (QED) is 0.752. The fourth-order valence-corrected chi connectivity index (χ4v) is 2.41. The Balaban J connectivity index is 1.99. The minimum atomic E-state index is 0.579. The molecule has 2 N–H and O–H groups in total.